The zero-order valence-electron chi connectivity index (χ0n) is 22.9. The molecule has 0 bridgehead atoms. The summed E-state index contributed by atoms with van der Waals surface area (Å²) in [6.45, 7) is 7.54. The van der Waals surface area contributed by atoms with E-state index in [2.05, 4.69) is 46.8 Å². The Kier molecular flexibility index (Phi) is 8.48. The lowest BCUT2D eigenvalue weighted by Gasteiger charge is -2.42. The quantitative estimate of drug-likeness (QED) is 0.321. The Labute approximate surface area is 226 Å². The number of alkyl carbamates (subject to hydrolysis) is 1. The topological polar surface area (TPSA) is 70.3 Å². The van der Waals surface area contributed by atoms with Crippen LogP contribution in [0.25, 0.3) is 10.9 Å². The maximum Gasteiger partial charge on any atom is 0.407 e. The number of hydrogen-bond acceptors (Lipinski definition) is 4. The van der Waals surface area contributed by atoms with Crippen molar-refractivity contribution in [3.8, 4) is 0 Å². The molecule has 5 rings (SSSR count). The number of aromatic nitrogens is 1. The van der Waals surface area contributed by atoms with Gasteiger partial charge in [-0.2, -0.15) is 0 Å². The lowest BCUT2D eigenvalue weighted by Crippen LogP contribution is -2.44. The van der Waals surface area contributed by atoms with Gasteiger partial charge in [-0.1, -0.05) is 62.4 Å². The van der Waals surface area contributed by atoms with Gasteiger partial charge in [0, 0.05) is 53.5 Å². The second-order valence-electron chi connectivity index (χ2n) is 11.4. The molecule has 2 aromatic carbocycles. The first kappa shape index (κ1) is 26.5. The Hall–Kier alpha value is -3.12. The van der Waals surface area contributed by atoms with E-state index in [9.17, 15) is 4.79 Å². The zero-order valence-corrected chi connectivity index (χ0v) is 22.9. The Morgan fingerprint density at radius 2 is 1.66 bits per heavy atom. The minimum atomic E-state index is -0.437. The summed E-state index contributed by atoms with van der Waals surface area (Å²) in [7, 11) is 0. The standard InChI is InChI=1S/C32H42N4O2/c1-23(2)25-12-14-26(15-13-25)35-18-16-27(17-19-35)36-30-11-7-6-10-28(30)29(20-33)31(36)21-34-32(37)38-22-24-8-4-3-5-9-24/h3-11,20,23,25-27,33H,12-19,21-22H2,1-2H3,(H,34,37). The highest BCUT2D eigenvalue weighted by Crippen LogP contribution is 2.37. The van der Waals surface area contributed by atoms with Crippen LogP contribution in [0, 0.1) is 17.2 Å². The summed E-state index contributed by atoms with van der Waals surface area (Å²) in [5.74, 6) is 1.69. The van der Waals surface area contributed by atoms with Crippen molar-refractivity contribution in [3.63, 3.8) is 0 Å². The fourth-order valence-corrected chi connectivity index (χ4v) is 6.67. The predicted molar refractivity (Wildman–Crippen MR) is 154 cm³/mol. The summed E-state index contributed by atoms with van der Waals surface area (Å²) in [5.41, 5.74) is 3.99. The van der Waals surface area contributed by atoms with Crippen molar-refractivity contribution < 1.29 is 9.53 Å². The summed E-state index contributed by atoms with van der Waals surface area (Å²) in [6, 6.07) is 19.1. The molecule has 0 atom stereocenters. The molecule has 38 heavy (non-hydrogen) atoms. The van der Waals surface area contributed by atoms with Gasteiger partial charge >= 0.3 is 6.09 Å². The van der Waals surface area contributed by atoms with Crippen molar-refractivity contribution in [2.45, 2.75) is 77.6 Å². The summed E-state index contributed by atoms with van der Waals surface area (Å²) in [6.07, 6.45) is 8.57. The number of benzene rings is 2. The van der Waals surface area contributed by atoms with E-state index in [1.165, 1.54) is 31.9 Å². The number of piperidine rings is 1. The van der Waals surface area contributed by atoms with Crippen LogP contribution in [-0.2, 0) is 17.9 Å². The molecule has 1 aliphatic carbocycles. The molecule has 0 radical (unpaired) electrons. The Bertz CT molecular complexity index is 1220. The first-order valence-corrected chi connectivity index (χ1v) is 14.4. The predicted octanol–water partition coefficient (Wildman–Crippen LogP) is 6.92. The lowest BCUT2D eigenvalue weighted by atomic mass is 9.79. The molecule has 6 heteroatoms. The molecule has 6 nitrogen and oxygen atoms in total. The maximum atomic E-state index is 12.6. The summed E-state index contributed by atoms with van der Waals surface area (Å²) < 4.78 is 7.87. The van der Waals surface area contributed by atoms with Gasteiger partial charge in [-0.3, -0.25) is 0 Å². The Morgan fingerprint density at radius 1 is 0.974 bits per heavy atom. The molecule has 0 unspecified atom stereocenters. The number of carbonyl (C=O) groups excluding carboxylic acids is 1. The zero-order chi connectivity index (χ0) is 26.5. The third-order valence-corrected chi connectivity index (χ3v) is 8.88. The highest BCUT2D eigenvalue weighted by molar-refractivity contribution is 6.00. The molecule has 2 fully saturated rings. The third-order valence-electron chi connectivity index (χ3n) is 8.88. The van der Waals surface area contributed by atoms with E-state index in [0.29, 0.717) is 12.6 Å². The van der Waals surface area contributed by atoms with E-state index in [4.69, 9.17) is 10.1 Å². The highest BCUT2D eigenvalue weighted by Gasteiger charge is 2.31. The summed E-state index contributed by atoms with van der Waals surface area (Å²) >= 11 is 0. The number of nitrogens with one attached hydrogen (secondary N) is 2. The Balaban J connectivity index is 1.27. The van der Waals surface area contributed by atoms with Gasteiger partial charge in [0.2, 0.25) is 0 Å². The SMILES string of the molecule is CC(C)C1CCC(N2CCC(n3c(CNC(=O)OCc4ccccc4)c(C=N)c4ccccc43)CC2)CC1. The number of nitrogens with zero attached hydrogens (tertiary/aromatic N) is 2. The van der Waals surface area contributed by atoms with Crippen LogP contribution in [0.3, 0.4) is 0 Å². The molecule has 1 amide bonds. The van der Waals surface area contributed by atoms with E-state index in [1.807, 2.05) is 36.4 Å². The number of fused-ring (bicyclic) bond motifs is 1. The van der Waals surface area contributed by atoms with Crippen molar-refractivity contribution in [2.75, 3.05) is 13.1 Å². The van der Waals surface area contributed by atoms with Gasteiger partial charge < -0.3 is 24.9 Å². The second-order valence-corrected chi connectivity index (χ2v) is 11.4. The number of ether oxygens (including phenoxy) is 1. The van der Waals surface area contributed by atoms with Crippen LogP contribution >= 0.6 is 0 Å². The number of para-hydroxylation sites is 1. The van der Waals surface area contributed by atoms with Crippen molar-refractivity contribution in [2.24, 2.45) is 11.8 Å². The van der Waals surface area contributed by atoms with Gasteiger partial charge in [0.25, 0.3) is 0 Å². The van der Waals surface area contributed by atoms with E-state index >= 15 is 0 Å². The average molecular weight is 515 g/mol. The van der Waals surface area contributed by atoms with Gasteiger partial charge in [-0.15, -0.1) is 0 Å². The number of amides is 1. The molecule has 202 valence electrons. The monoisotopic (exact) mass is 514 g/mol. The van der Waals surface area contributed by atoms with Gasteiger partial charge in [0.05, 0.1) is 6.54 Å². The molecule has 1 saturated carbocycles. The minimum absolute atomic E-state index is 0.241. The normalized spacial score (nSPS) is 21.0. The number of likely N-dealkylation sites (tertiary alicyclic amines) is 1. The molecule has 2 N–H and O–H groups in total. The molecule has 1 saturated heterocycles. The van der Waals surface area contributed by atoms with Crippen molar-refractivity contribution in [3.05, 3.63) is 71.4 Å². The van der Waals surface area contributed by atoms with Crippen LogP contribution in [-0.4, -0.2) is 40.9 Å². The first-order valence-electron chi connectivity index (χ1n) is 14.4. The van der Waals surface area contributed by atoms with Crippen molar-refractivity contribution >= 4 is 23.2 Å². The number of hydrogen-bond donors (Lipinski definition) is 2. The van der Waals surface area contributed by atoms with E-state index in [-0.39, 0.29) is 6.61 Å². The van der Waals surface area contributed by atoms with Crippen LogP contribution in [0.15, 0.2) is 54.6 Å². The lowest BCUT2D eigenvalue weighted by molar-refractivity contribution is 0.0888. The molecule has 2 aliphatic rings. The Morgan fingerprint density at radius 3 is 2.34 bits per heavy atom. The molecule has 3 aromatic rings. The molecular weight excluding hydrogens is 472 g/mol. The second kappa shape index (κ2) is 12.2. The molecule has 1 aromatic heterocycles. The smallest absolute Gasteiger partial charge is 0.407 e. The van der Waals surface area contributed by atoms with Crippen molar-refractivity contribution in [1.82, 2.24) is 14.8 Å². The fourth-order valence-electron chi connectivity index (χ4n) is 6.67. The first-order chi connectivity index (χ1) is 18.5. The van der Waals surface area contributed by atoms with Gasteiger partial charge in [0.1, 0.15) is 6.61 Å². The van der Waals surface area contributed by atoms with Crippen LogP contribution in [0.5, 0.6) is 0 Å². The van der Waals surface area contributed by atoms with E-state index in [0.717, 1.165) is 71.5 Å². The molecule has 0 spiro atoms. The van der Waals surface area contributed by atoms with Gasteiger partial charge in [-0.25, -0.2) is 4.79 Å². The molecule has 2 heterocycles. The van der Waals surface area contributed by atoms with E-state index in [1.54, 1.807) is 0 Å². The largest absolute Gasteiger partial charge is 0.445 e. The number of rotatable bonds is 8. The van der Waals surface area contributed by atoms with Crippen LogP contribution in [0.2, 0.25) is 0 Å². The van der Waals surface area contributed by atoms with Crippen molar-refractivity contribution in [1.29, 1.82) is 5.41 Å². The highest BCUT2D eigenvalue weighted by atomic mass is 16.5. The third kappa shape index (κ3) is 5.80. The fraction of sp³-hybridized carbons (Fsp3) is 0.500. The van der Waals surface area contributed by atoms with Gasteiger partial charge in [-0.05, 0) is 62.0 Å². The maximum absolute atomic E-state index is 12.6. The average Bonchev–Trinajstić information content (AvgIpc) is 3.29. The van der Waals surface area contributed by atoms with E-state index < -0.39 is 6.09 Å². The molecule has 1 aliphatic heterocycles. The number of carbonyl (C=O) groups is 1. The summed E-state index contributed by atoms with van der Waals surface area (Å²) in [4.78, 5) is 15.3. The minimum Gasteiger partial charge on any atom is -0.445 e. The van der Waals surface area contributed by atoms with Crippen LogP contribution in [0.4, 0.5) is 4.79 Å². The summed E-state index contributed by atoms with van der Waals surface area (Å²) in [5, 5.41) is 12.2. The van der Waals surface area contributed by atoms with Crippen LogP contribution in [0.1, 0.15) is 75.2 Å². The molecular formula is C32H42N4O2. The van der Waals surface area contributed by atoms with Gasteiger partial charge in [0.15, 0.2) is 0 Å². The van der Waals surface area contributed by atoms with Crippen LogP contribution < -0.4 is 5.32 Å².